The molecule has 6 nitrogen and oxygen atoms in total. The van der Waals surface area contributed by atoms with Gasteiger partial charge in [0.2, 0.25) is 15.9 Å². The molecule has 166 valence electrons. The maximum atomic E-state index is 13.3. The van der Waals surface area contributed by atoms with Crippen LogP contribution in [0.25, 0.3) is 0 Å². The highest BCUT2D eigenvalue weighted by molar-refractivity contribution is 7.89. The Kier molecular flexibility index (Phi) is 6.28. The summed E-state index contributed by atoms with van der Waals surface area (Å²) >= 11 is 6.07. The minimum atomic E-state index is -3.77. The summed E-state index contributed by atoms with van der Waals surface area (Å²) in [6.45, 7) is 4.81. The van der Waals surface area contributed by atoms with E-state index in [0.717, 1.165) is 12.1 Å². The quantitative estimate of drug-likeness (QED) is 0.670. The van der Waals surface area contributed by atoms with Crippen LogP contribution in [0, 0.1) is 5.92 Å². The SMILES string of the molecule is CCOc1ccc(Cl)cc1S(=O)(=O)N1CCC(C(=O)N2c3ccccc3CC2C)CC1. The summed E-state index contributed by atoms with van der Waals surface area (Å²) in [5, 5.41) is 0.341. The molecule has 2 aromatic carbocycles. The molecule has 4 rings (SSSR count). The Morgan fingerprint density at radius 3 is 2.58 bits per heavy atom. The normalized spacial score (nSPS) is 20.0. The van der Waals surface area contributed by atoms with Crippen molar-refractivity contribution < 1.29 is 17.9 Å². The number of rotatable bonds is 5. The third kappa shape index (κ3) is 4.19. The van der Waals surface area contributed by atoms with Crippen LogP contribution in [0.15, 0.2) is 47.4 Å². The second-order valence-corrected chi connectivity index (χ2v) is 10.4. The van der Waals surface area contributed by atoms with Crippen molar-refractivity contribution in [3.05, 3.63) is 53.1 Å². The second kappa shape index (κ2) is 8.81. The lowest BCUT2D eigenvalue weighted by molar-refractivity contribution is -0.123. The number of benzene rings is 2. The topological polar surface area (TPSA) is 66.9 Å². The van der Waals surface area contributed by atoms with Crippen LogP contribution < -0.4 is 9.64 Å². The van der Waals surface area contributed by atoms with Gasteiger partial charge in [0.25, 0.3) is 0 Å². The van der Waals surface area contributed by atoms with Crippen molar-refractivity contribution in [1.29, 1.82) is 0 Å². The largest absolute Gasteiger partial charge is 0.492 e. The predicted molar refractivity (Wildman–Crippen MR) is 121 cm³/mol. The Morgan fingerprint density at radius 2 is 1.87 bits per heavy atom. The number of sulfonamides is 1. The fourth-order valence-electron chi connectivity index (χ4n) is 4.54. The van der Waals surface area contributed by atoms with Crippen molar-refractivity contribution in [1.82, 2.24) is 4.31 Å². The van der Waals surface area contributed by atoms with Gasteiger partial charge in [0.05, 0.1) is 6.61 Å². The number of nitrogens with zero attached hydrogens (tertiary/aromatic N) is 2. The van der Waals surface area contributed by atoms with Gasteiger partial charge in [-0.2, -0.15) is 4.31 Å². The highest BCUT2D eigenvalue weighted by atomic mass is 35.5. The number of carbonyl (C=O) groups excluding carboxylic acids is 1. The molecule has 2 heterocycles. The number of para-hydroxylation sites is 1. The van der Waals surface area contributed by atoms with E-state index in [-0.39, 0.29) is 22.8 Å². The maximum absolute atomic E-state index is 13.3. The van der Waals surface area contributed by atoms with Crippen molar-refractivity contribution in [3.63, 3.8) is 0 Å². The van der Waals surface area contributed by atoms with Crippen LogP contribution in [-0.4, -0.2) is 44.4 Å². The fourth-order valence-corrected chi connectivity index (χ4v) is 6.40. The van der Waals surface area contributed by atoms with Gasteiger partial charge in [0.15, 0.2) is 0 Å². The fraction of sp³-hybridized carbons (Fsp3) is 0.435. The van der Waals surface area contributed by atoms with Crippen molar-refractivity contribution in [2.45, 2.75) is 44.0 Å². The molecule has 0 aromatic heterocycles. The van der Waals surface area contributed by atoms with Crippen molar-refractivity contribution in [2.24, 2.45) is 5.92 Å². The summed E-state index contributed by atoms with van der Waals surface area (Å²) in [5.41, 5.74) is 2.17. The number of ether oxygens (including phenoxy) is 1. The third-order valence-corrected chi connectivity index (χ3v) is 8.23. The van der Waals surface area contributed by atoms with Crippen LogP contribution in [0.3, 0.4) is 0 Å². The summed E-state index contributed by atoms with van der Waals surface area (Å²) in [7, 11) is -3.77. The Morgan fingerprint density at radius 1 is 1.16 bits per heavy atom. The minimum Gasteiger partial charge on any atom is -0.492 e. The van der Waals surface area contributed by atoms with Gasteiger partial charge >= 0.3 is 0 Å². The van der Waals surface area contributed by atoms with E-state index in [1.807, 2.05) is 23.1 Å². The van der Waals surface area contributed by atoms with Gasteiger partial charge in [-0.3, -0.25) is 4.79 Å². The number of anilines is 1. The highest BCUT2D eigenvalue weighted by Gasteiger charge is 2.38. The van der Waals surface area contributed by atoms with Crippen LogP contribution >= 0.6 is 11.6 Å². The molecule has 2 aliphatic rings. The molecule has 0 saturated carbocycles. The van der Waals surface area contributed by atoms with Gasteiger partial charge in [0, 0.05) is 35.8 Å². The number of hydrogen-bond acceptors (Lipinski definition) is 4. The molecule has 1 atom stereocenters. The van der Waals surface area contributed by atoms with Crippen LogP contribution in [0.4, 0.5) is 5.69 Å². The lowest BCUT2D eigenvalue weighted by Gasteiger charge is -2.34. The Hall–Kier alpha value is -2.09. The van der Waals surface area contributed by atoms with Crippen LogP contribution in [0.2, 0.25) is 5.02 Å². The van der Waals surface area contributed by atoms with Gasteiger partial charge in [0.1, 0.15) is 10.6 Å². The third-order valence-electron chi connectivity index (χ3n) is 6.07. The van der Waals surface area contributed by atoms with Crippen molar-refractivity contribution in [3.8, 4) is 5.75 Å². The van der Waals surface area contributed by atoms with E-state index in [1.54, 1.807) is 19.1 Å². The lowest BCUT2D eigenvalue weighted by Crippen LogP contribution is -2.46. The first kappa shape index (κ1) is 22.1. The van der Waals surface area contributed by atoms with E-state index in [2.05, 4.69) is 13.0 Å². The van der Waals surface area contributed by atoms with Gasteiger partial charge in [-0.15, -0.1) is 0 Å². The maximum Gasteiger partial charge on any atom is 0.246 e. The molecule has 1 amide bonds. The Bertz CT molecular complexity index is 1080. The van der Waals surface area contributed by atoms with E-state index in [4.69, 9.17) is 16.3 Å². The minimum absolute atomic E-state index is 0.0775. The van der Waals surface area contributed by atoms with Gasteiger partial charge in [-0.05, 0) is 62.9 Å². The summed E-state index contributed by atoms with van der Waals surface area (Å²) in [6.07, 6.45) is 1.84. The first-order valence-corrected chi connectivity index (χ1v) is 12.5. The molecular formula is C23H27ClN2O4S. The number of hydrogen-bond donors (Lipinski definition) is 0. The highest BCUT2D eigenvalue weighted by Crippen LogP contribution is 2.36. The molecule has 0 bridgehead atoms. The lowest BCUT2D eigenvalue weighted by atomic mass is 9.96. The zero-order valence-electron chi connectivity index (χ0n) is 17.8. The zero-order chi connectivity index (χ0) is 22.2. The van der Waals surface area contributed by atoms with E-state index in [0.29, 0.717) is 43.3 Å². The molecule has 0 spiro atoms. The van der Waals surface area contributed by atoms with Gasteiger partial charge < -0.3 is 9.64 Å². The summed E-state index contributed by atoms with van der Waals surface area (Å²) < 4.78 is 33.5. The monoisotopic (exact) mass is 462 g/mol. The molecule has 1 saturated heterocycles. The van der Waals surface area contributed by atoms with E-state index in [9.17, 15) is 13.2 Å². The zero-order valence-corrected chi connectivity index (χ0v) is 19.3. The van der Waals surface area contributed by atoms with Crippen molar-refractivity contribution in [2.75, 3.05) is 24.6 Å². The molecule has 1 unspecified atom stereocenters. The average Bonchev–Trinajstić information content (AvgIpc) is 3.10. The van der Waals surface area contributed by atoms with Gasteiger partial charge in [-0.1, -0.05) is 29.8 Å². The van der Waals surface area contributed by atoms with Crippen LogP contribution in [0.5, 0.6) is 5.75 Å². The molecular weight excluding hydrogens is 436 g/mol. The number of fused-ring (bicyclic) bond motifs is 1. The molecule has 0 aliphatic carbocycles. The average molecular weight is 463 g/mol. The number of amides is 1. The molecule has 1 fully saturated rings. The number of piperidine rings is 1. The van der Waals surface area contributed by atoms with Crippen molar-refractivity contribution >= 4 is 33.2 Å². The molecule has 8 heteroatoms. The van der Waals surface area contributed by atoms with E-state index >= 15 is 0 Å². The molecule has 2 aromatic rings. The molecule has 0 radical (unpaired) electrons. The van der Waals surface area contributed by atoms with Gasteiger partial charge in [-0.25, -0.2) is 8.42 Å². The standard InChI is InChI=1S/C23H27ClN2O4S/c1-3-30-21-9-8-19(24)15-22(21)31(28,29)25-12-10-17(11-13-25)23(27)26-16(2)14-18-6-4-5-7-20(18)26/h4-9,15-17H,3,10-14H2,1-2H3. The molecule has 31 heavy (non-hydrogen) atoms. The number of halogens is 1. The number of carbonyl (C=O) groups is 1. The second-order valence-electron chi connectivity index (χ2n) is 8.09. The summed E-state index contributed by atoms with van der Waals surface area (Å²) in [6, 6.07) is 12.8. The van der Waals surface area contributed by atoms with E-state index in [1.165, 1.54) is 15.9 Å². The first-order valence-electron chi connectivity index (χ1n) is 10.7. The van der Waals surface area contributed by atoms with Crippen LogP contribution in [0.1, 0.15) is 32.3 Å². The van der Waals surface area contributed by atoms with E-state index < -0.39 is 10.0 Å². The smallest absolute Gasteiger partial charge is 0.246 e. The summed E-state index contributed by atoms with van der Waals surface area (Å²) in [5.74, 6) is 0.200. The Balaban J connectivity index is 1.49. The first-order chi connectivity index (χ1) is 14.8. The Labute approximate surface area is 188 Å². The molecule has 2 aliphatic heterocycles. The predicted octanol–water partition coefficient (Wildman–Crippen LogP) is 4.12. The summed E-state index contributed by atoms with van der Waals surface area (Å²) in [4.78, 5) is 15.3. The van der Waals surface area contributed by atoms with Crippen LogP contribution in [-0.2, 0) is 21.2 Å². The molecule has 0 N–H and O–H groups in total.